The van der Waals surface area contributed by atoms with E-state index in [9.17, 15) is 0 Å². The lowest BCUT2D eigenvalue weighted by Gasteiger charge is -2.16. The van der Waals surface area contributed by atoms with Crippen LogP contribution in [0.2, 0.25) is 0 Å². The molecule has 318 valence electrons. The fourth-order valence-electron chi connectivity index (χ4n) is 9.98. The largest absolute Gasteiger partial charge is 0.307 e. The van der Waals surface area contributed by atoms with E-state index in [4.69, 9.17) is 15.0 Å². The fourth-order valence-corrected chi connectivity index (χ4v) is 9.98. The fraction of sp³-hybridized carbons (Fsp3) is 0. The van der Waals surface area contributed by atoms with E-state index in [0.29, 0.717) is 17.6 Å². The van der Waals surface area contributed by atoms with Crippen molar-refractivity contribution in [1.82, 2.24) is 24.1 Å². The molecule has 0 spiro atoms. The van der Waals surface area contributed by atoms with Crippen LogP contribution in [0.15, 0.2) is 249 Å². The first-order valence-corrected chi connectivity index (χ1v) is 23.0. The van der Waals surface area contributed by atoms with Gasteiger partial charge in [-0.15, -0.1) is 0 Å². The van der Waals surface area contributed by atoms with E-state index in [2.05, 4.69) is 234 Å². The van der Waals surface area contributed by atoms with Crippen molar-refractivity contribution < 1.29 is 0 Å². The highest BCUT2D eigenvalue weighted by Gasteiger charge is 2.24. The zero-order chi connectivity index (χ0) is 45.0. The molecule has 0 aliphatic carbocycles. The lowest BCUT2D eigenvalue weighted by molar-refractivity contribution is 0.953. The van der Waals surface area contributed by atoms with Gasteiger partial charge in [0.15, 0.2) is 11.6 Å². The average Bonchev–Trinajstić information content (AvgIpc) is 3.95. The van der Waals surface area contributed by atoms with E-state index >= 15 is 0 Å². The number of benzene rings is 10. The molecule has 3 aromatic heterocycles. The molecule has 0 aliphatic rings. The van der Waals surface area contributed by atoms with E-state index in [1.165, 1.54) is 22.1 Å². The summed E-state index contributed by atoms with van der Waals surface area (Å²) in [4.78, 5) is 15.9. The van der Waals surface area contributed by atoms with Crippen molar-refractivity contribution in [2.24, 2.45) is 0 Å². The van der Waals surface area contributed by atoms with Gasteiger partial charge in [-0.25, -0.2) is 4.98 Å². The summed E-state index contributed by atoms with van der Waals surface area (Å²) in [6.07, 6.45) is 0. The summed E-state index contributed by atoms with van der Waals surface area (Å²) in [5.41, 5.74) is 16.5. The third-order valence-corrected chi connectivity index (χ3v) is 13.2. The highest BCUT2D eigenvalue weighted by Crippen LogP contribution is 2.43. The summed E-state index contributed by atoms with van der Waals surface area (Å²) in [5, 5.41) is 4.55. The van der Waals surface area contributed by atoms with E-state index in [0.717, 1.165) is 82.9 Å². The molecule has 0 atom stereocenters. The molecule has 5 heteroatoms. The number of aromatic nitrogens is 5. The third kappa shape index (κ3) is 6.68. The van der Waals surface area contributed by atoms with Gasteiger partial charge in [-0.1, -0.05) is 224 Å². The summed E-state index contributed by atoms with van der Waals surface area (Å²) >= 11 is 0. The highest BCUT2D eigenvalue weighted by molar-refractivity contribution is 6.24. The SMILES string of the molecule is c1ccc(-c2ccc(-c3cccc(-c4ccccc4-n4c5ccccc5c5ccc6c7ccccc7n(-c7nc(-c8ccccc8)nc(-c8ccc(-c9ccccc9)cc8)n7)c6c54)c3)cc2)cc1. The summed E-state index contributed by atoms with van der Waals surface area (Å²) in [7, 11) is 0. The molecule has 0 amide bonds. The van der Waals surface area contributed by atoms with Crippen molar-refractivity contribution in [3.63, 3.8) is 0 Å². The first-order chi connectivity index (χ1) is 33.7. The minimum atomic E-state index is 0.552. The quantitative estimate of drug-likeness (QED) is 0.153. The number of nitrogens with zero attached hydrogens (tertiary/aromatic N) is 5. The minimum Gasteiger partial charge on any atom is -0.307 e. The maximum atomic E-state index is 5.40. The number of rotatable bonds is 8. The molecule has 68 heavy (non-hydrogen) atoms. The molecule has 0 unspecified atom stereocenters. The monoisotopic (exact) mass is 867 g/mol. The van der Waals surface area contributed by atoms with Crippen LogP contribution >= 0.6 is 0 Å². The molecule has 13 aromatic rings. The van der Waals surface area contributed by atoms with Crippen LogP contribution in [0.4, 0.5) is 0 Å². The van der Waals surface area contributed by atoms with Gasteiger partial charge >= 0.3 is 0 Å². The summed E-state index contributed by atoms with van der Waals surface area (Å²) < 4.78 is 4.72. The van der Waals surface area contributed by atoms with Crippen molar-refractivity contribution in [3.05, 3.63) is 249 Å². The second kappa shape index (κ2) is 16.4. The first-order valence-electron chi connectivity index (χ1n) is 23.0. The molecule has 5 nitrogen and oxygen atoms in total. The Morgan fingerprint density at radius 2 is 0.647 bits per heavy atom. The van der Waals surface area contributed by atoms with Gasteiger partial charge < -0.3 is 4.57 Å². The lowest BCUT2D eigenvalue weighted by Crippen LogP contribution is -2.07. The van der Waals surface area contributed by atoms with Crippen LogP contribution in [0.1, 0.15) is 0 Å². The minimum absolute atomic E-state index is 0.552. The number of hydrogen-bond acceptors (Lipinski definition) is 3. The van der Waals surface area contributed by atoms with Gasteiger partial charge in [-0.3, -0.25) is 4.57 Å². The van der Waals surface area contributed by atoms with Crippen molar-refractivity contribution in [3.8, 4) is 78.9 Å². The molecule has 0 N–H and O–H groups in total. The number of para-hydroxylation sites is 3. The Hall–Kier alpha value is -9.19. The van der Waals surface area contributed by atoms with Crippen LogP contribution in [0.25, 0.3) is 123 Å². The van der Waals surface area contributed by atoms with Gasteiger partial charge in [-0.05, 0) is 63.2 Å². The standard InChI is InChI=1S/C63H41N5/c1-4-17-42(18-5-1)44-31-33-46(34-32-44)49-23-16-24-50(41-49)51-25-10-13-28-56(51)67-57-29-14-11-26-52(57)54-39-40-55-53-27-12-15-30-58(53)68(60(55)59(54)67)63-65-61(47-21-8-3-9-22-47)64-62(66-63)48-37-35-45(36-38-48)43-19-6-2-7-20-43/h1-41H. The molecule has 0 bridgehead atoms. The van der Waals surface area contributed by atoms with Crippen molar-refractivity contribution in [2.45, 2.75) is 0 Å². The maximum Gasteiger partial charge on any atom is 0.238 e. The molecule has 0 fully saturated rings. The number of fused-ring (bicyclic) bond motifs is 7. The second-order valence-corrected chi connectivity index (χ2v) is 17.2. The van der Waals surface area contributed by atoms with Crippen molar-refractivity contribution in [1.29, 1.82) is 0 Å². The zero-order valence-electron chi connectivity index (χ0n) is 36.9. The molecule has 0 saturated carbocycles. The molecular formula is C63H41N5. The zero-order valence-corrected chi connectivity index (χ0v) is 36.9. The highest BCUT2D eigenvalue weighted by atomic mass is 15.2. The summed E-state index contributed by atoms with van der Waals surface area (Å²) in [6.45, 7) is 0. The van der Waals surface area contributed by atoms with Crippen LogP contribution in [0, 0.1) is 0 Å². The van der Waals surface area contributed by atoms with Crippen LogP contribution in [0.3, 0.4) is 0 Å². The Labute approximate surface area is 393 Å². The van der Waals surface area contributed by atoms with Gasteiger partial charge in [0.05, 0.1) is 27.8 Å². The molecule has 13 rings (SSSR count). The molecule has 0 radical (unpaired) electrons. The average molecular weight is 868 g/mol. The Bertz CT molecular complexity index is 3980. The molecular weight excluding hydrogens is 827 g/mol. The number of hydrogen-bond donors (Lipinski definition) is 0. The molecule has 0 saturated heterocycles. The Morgan fingerprint density at radius 3 is 1.24 bits per heavy atom. The Balaban J connectivity index is 1.04. The normalized spacial score (nSPS) is 11.5. The van der Waals surface area contributed by atoms with Crippen LogP contribution < -0.4 is 0 Å². The summed E-state index contributed by atoms with van der Waals surface area (Å²) in [6, 6.07) is 88.3. The smallest absolute Gasteiger partial charge is 0.238 e. The van der Waals surface area contributed by atoms with Gasteiger partial charge in [0, 0.05) is 38.2 Å². The summed E-state index contributed by atoms with van der Waals surface area (Å²) in [5.74, 6) is 1.76. The van der Waals surface area contributed by atoms with Gasteiger partial charge in [-0.2, -0.15) is 9.97 Å². The second-order valence-electron chi connectivity index (χ2n) is 17.2. The lowest BCUT2D eigenvalue weighted by atomic mass is 9.96. The predicted molar refractivity (Wildman–Crippen MR) is 281 cm³/mol. The van der Waals surface area contributed by atoms with E-state index < -0.39 is 0 Å². The van der Waals surface area contributed by atoms with E-state index in [1.807, 2.05) is 24.3 Å². The first kappa shape index (κ1) is 39.2. The molecule has 10 aromatic carbocycles. The topological polar surface area (TPSA) is 48.5 Å². The molecule has 0 aliphatic heterocycles. The van der Waals surface area contributed by atoms with E-state index in [-0.39, 0.29) is 0 Å². The third-order valence-electron chi connectivity index (χ3n) is 13.2. The van der Waals surface area contributed by atoms with Crippen molar-refractivity contribution >= 4 is 43.6 Å². The van der Waals surface area contributed by atoms with Gasteiger partial charge in [0.25, 0.3) is 0 Å². The predicted octanol–water partition coefficient (Wildman–Crippen LogP) is 16.1. The Morgan fingerprint density at radius 1 is 0.250 bits per heavy atom. The maximum absolute atomic E-state index is 5.40. The van der Waals surface area contributed by atoms with E-state index in [1.54, 1.807) is 0 Å². The molecule has 3 heterocycles. The Kier molecular flexibility index (Phi) is 9.43. The van der Waals surface area contributed by atoms with Crippen LogP contribution in [0.5, 0.6) is 0 Å². The van der Waals surface area contributed by atoms with Gasteiger partial charge in [0.1, 0.15) is 0 Å². The van der Waals surface area contributed by atoms with Crippen LogP contribution in [-0.2, 0) is 0 Å². The van der Waals surface area contributed by atoms with Crippen LogP contribution in [-0.4, -0.2) is 24.1 Å². The van der Waals surface area contributed by atoms with Gasteiger partial charge in [0.2, 0.25) is 5.95 Å². The van der Waals surface area contributed by atoms with Crippen molar-refractivity contribution in [2.75, 3.05) is 0 Å².